The summed E-state index contributed by atoms with van der Waals surface area (Å²) in [7, 11) is 4.46. The number of carbonyl (C=O) groups is 1. The number of aryl methyl sites for hydroxylation is 1. The van der Waals surface area contributed by atoms with E-state index in [9.17, 15) is 9.59 Å². The van der Waals surface area contributed by atoms with Crippen molar-refractivity contribution < 1.29 is 37.6 Å². The number of nitrogens with one attached hydrogen (secondary N) is 1. The number of rotatable bonds is 6. The number of methoxy groups -OCH3 is 3. The van der Waals surface area contributed by atoms with Crippen molar-refractivity contribution in [2.45, 2.75) is 18.9 Å². The zero-order valence-electron chi connectivity index (χ0n) is 19.5. The molecule has 2 atom stereocenters. The van der Waals surface area contributed by atoms with Gasteiger partial charge in [-0.05, 0) is 24.6 Å². The van der Waals surface area contributed by atoms with Crippen molar-refractivity contribution >= 4 is 11.6 Å². The van der Waals surface area contributed by atoms with Gasteiger partial charge in [0.15, 0.2) is 29.1 Å². The highest BCUT2D eigenvalue weighted by Crippen LogP contribution is 2.45. The van der Waals surface area contributed by atoms with Crippen molar-refractivity contribution in [1.29, 1.82) is 0 Å². The van der Waals surface area contributed by atoms with E-state index in [4.69, 9.17) is 32.8 Å². The van der Waals surface area contributed by atoms with Gasteiger partial charge in [-0.2, -0.15) is 0 Å². The molecule has 0 aliphatic carbocycles. The molecule has 0 spiro atoms. The van der Waals surface area contributed by atoms with Crippen LogP contribution in [0.5, 0.6) is 34.5 Å². The van der Waals surface area contributed by atoms with E-state index in [1.165, 1.54) is 21.3 Å². The third-order valence-electron chi connectivity index (χ3n) is 5.89. The molecule has 5 rings (SSSR count). The molecular formula is C25H23NO9. The van der Waals surface area contributed by atoms with Crippen LogP contribution in [0.4, 0.5) is 5.69 Å². The van der Waals surface area contributed by atoms with Crippen LogP contribution in [0, 0.1) is 6.92 Å². The minimum Gasteiger partial charge on any atom is -0.493 e. The van der Waals surface area contributed by atoms with E-state index in [1.54, 1.807) is 43.3 Å². The van der Waals surface area contributed by atoms with Crippen molar-refractivity contribution in [1.82, 2.24) is 0 Å². The first-order valence-corrected chi connectivity index (χ1v) is 10.7. The Morgan fingerprint density at radius 2 is 1.66 bits per heavy atom. The van der Waals surface area contributed by atoms with Crippen LogP contribution in [0.15, 0.2) is 45.6 Å². The lowest BCUT2D eigenvalue weighted by Crippen LogP contribution is -2.35. The third-order valence-corrected chi connectivity index (χ3v) is 5.89. The molecule has 0 saturated carbocycles. The lowest BCUT2D eigenvalue weighted by atomic mass is 9.88. The molecule has 2 aromatic carbocycles. The fourth-order valence-electron chi connectivity index (χ4n) is 4.35. The van der Waals surface area contributed by atoms with Gasteiger partial charge in [0.05, 0.1) is 32.8 Å². The van der Waals surface area contributed by atoms with Crippen molar-refractivity contribution in [2.24, 2.45) is 0 Å². The molecule has 0 unspecified atom stereocenters. The topological polar surface area (TPSA) is 115 Å². The molecule has 35 heavy (non-hydrogen) atoms. The molecule has 3 aromatic rings. The summed E-state index contributed by atoms with van der Waals surface area (Å²) >= 11 is 0. The quantitative estimate of drug-likeness (QED) is 0.567. The van der Waals surface area contributed by atoms with Crippen LogP contribution in [-0.2, 0) is 4.79 Å². The summed E-state index contributed by atoms with van der Waals surface area (Å²) in [6.45, 7) is 1.74. The Bertz CT molecular complexity index is 1340. The van der Waals surface area contributed by atoms with Crippen molar-refractivity contribution in [3.8, 4) is 34.5 Å². The molecule has 0 radical (unpaired) electrons. The van der Waals surface area contributed by atoms with E-state index >= 15 is 0 Å². The smallest absolute Gasteiger partial charge is 0.343 e. The molecular weight excluding hydrogens is 458 g/mol. The van der Waals surface area contributed by atoms with Gasteiger partial charge >= 0.3 is 5.63 Å². The van der Waals surface area contributed by atoms with Crippen LogP contribution in [-0.4, -0.2) is 40.1 Å². The summed E-state index contributed by atoms with van der Waals surface area (Å²) in [6.07, 6.45) is -1.06. The van der Waals surface area contributed by atoms with Crippen LogP contribution >= 0.6 is 0 Å². The highest BCUT2D eigenvalue weighted by molar-refractivity contribution is 5.97. The first-order chi connectivity index (χ1) is 16.9. The van der Waals surface area contributed by atoms with Crippen LogP contribution in [0.25, 0.3) is 0 Å². The van der Waals surface area contributed by atoms with Crippen LogP contribution < -0.4 is 39.4 Å². The van der Waals surface area contributed by atoms with Crippen LogP contribution in [0.3, 0.4) is 0 Å². The number of carbonyl (C=O) groups excluding carboxylic acids is 1. The van der Waals surface area contributed by atoms with Gasteiger partial charge in [-0.1, -0.05) is 6.07 Å². The lowest BCUT2D eigenvalue weighted by Gasteiger charge is -2.20. The molecule has 0 fully saturated rings. The average Bonchev–Trinajstić information content (AvgIpc) is 3.47. The summed E-state index contributed by atoms with van der Waals surface area (Å²) in [5.41, 5.74) is 0.746. The first-order valence-electron chi connectivity index (χ1n) is 10.7. The number of benzene rings is 2. The molecule has 0 saturated heterocycles. The van der Waals surface area contributed by atoms with Gasteiger partial charge in [-0.15, -0.1) is 0 Å². The third kappa shape index (κ3) is 3.86. The van der Waals surface area contributed by atoms with E-state index in [2.05, 4.69) is 5.32 Å². The molecule has 1 aromatic heterocycles. The van der Waals surface area contributed by atoms with Gasteiger partial charge in [0.2, 0.25) is 12.5 Å². The highest BCUT2D eigenvalue weighted by atomic mass is 16.7. The van der Waals surface area contributed by atoms with E-state index in [1.807, 2.05) is 0 Å². The van der Waals surface area contributed by atoms with E-state index in [0.717, 1.165) is 0 Å². The minimum absolute atomic E-state index is 0.100. The maximum atomic E-state index is 13.5. The summed E-state index contributed by atoms with van der Waals surface area (Å²) in [6, 6.07) is 10.1. The predicted molar refractivity (Wildman–Crippen MR) is 123 cm³/mol. The second-order valence-corrected chi connectivity index (χ2v) is 7.95. The van der Waals surface area contributed by atoms with E-state index < -0.39 is 23.6 Å². The number of amides is 1. The summed E-state index contributed by atoms with van der Waals surface area (Å²) in [5, 5.41) is 2.84. The molecule has 2 aliphatic rings. The lowest BCUT2D eigenvalue weighted by molar-refractivity contribution is -0.122. The monoisotopic (exact) mass is 481 g/mol. The number of hydrogen-bond donors (Lipinski definition) is 1. The number of ether oxygens (including phenoxy) is 6. The average molecular weight is 481 g/mol. The molecule has 10 heteroatoms. The molecule has 2 aliphatic heterocycles. The number of anilines is 1. The number of fused-ring (bicyclic) bond motifs is 2. The Kier molecular flexibility index (Phi) is 5.64. The zero-order valence-corrected chi connectivity index (χ0v) is 19.5. The summed E-state index contributed by atoms with van der Waals surface area (Å²) in [4.78, 5) is 26.3. The standard InChI is InChI=1S/C25H23NO9/c1-12-7-17-21(25(28)34-12)20(13-5-6-15-16(8-13)33-11-32-15)23(35-17)24(27)26-14-9-18(29-2)22(31-4)19(10-14)30-3/h5-10,20,23H,11H2,1-4H3,(H,26,27)/t20-,23-/m0/s1. The van der Waals surface area contributed by atoms with Crippen molar-refractivity contribution in [2.75, 3.05) is 33.4 Å². The Morgan fingerprint density at radius 3 is 2.34 bits per heavy atom. The Morgan fingerprint density at radius 1 is 0.943 bits per heavy atom. The van der Waals surface area contributed by atoms with Gasteiger partial charge in [-0.25, -0.2) is 4.79 Å². The Labute approximate surface area is 200 Å². The summed E-state index contributed by atoms with van der Waals surface area (Å²) < 4.78 is 38.3. The molecule has 1 N–H and O–H groups in total. The highest BCUT2D eigenvalue weighted by Gasteiger charge is 2.44. The maximum Gasteiger partial charge on any atom is 0.343 e. The summed E-state index contributed by atoms with van der Waals surface area (Å²) in [5.74, 6) is 1.72. The van der Waals surface area contributed by atoms with Crippen molar-refractivity contribution in [3.05, 3.63) is 63.7 Å². The molecule has 1 amide bonds. The first kappa shape index (κ1) is 22.5. The predicted octanol–water partition coefficient (Wildman–Crippen LogP) is 3.23. The van der Waals surface area contributed by atoms with Crippen LogP contribution in [0.2, 0.25) is 0 Å². The van der Waals surface area contributed by atoms with E-state index in [-0.39, 0.29) is 12.4 Å². The fraction of sp³-hybridized carbons (Fsp3) is 0.280. The maximum absolute atomic E-state index is 13.5. The second-order valence-electron chi connectivity index (χ2n) is 7.95. The van der Waals surface area contributed by atoms with Gasteiger partial charge in [0, 0.05) is 23.9 Å². The van der Waals surface area contributed by atoms with Gasteiger partial charge in [0.25, 0.3) is 5.91 Å². The normalized spacial score (nSPS) is 17.4. The van der Waals surface area contributed by atoms with Gasteiger partial charge in [-0.3, -0.25) is 4.79 Å². The van der Waals surface area contributed by atoms with E-state index in [0.29, 0.717) is 51.5 Å². The fourth-order valence-corrected chi connectivity index (χ4v) is 4.35. The van der Waals surface area contributed by atoms with Crippen molar-refractivity contribution in [3.63, 3.8) is 0 Å². The second kappa shape index (κ2) is 8.79. The largest absolute Gasteiger partial charge is 0.493 e. The molecule has 182 valence electrons. The van der Waals surface area contributed by atoms with Gasteiger partial charge in [0.1, 0.15) is 11.5 Å². The Balaban J connectivity index is 1.54. The molecule has 3 heterocycles. The molecule has 0 bridgehead atoms. The minimum atomic E-state index is -1.06. The van der Waals surface area contributed by atoms with Crippen LogP contribution in [0.1, 0.15) is 22.8 Å². The zero-order chi connectivity index (χ0) is 24.7. The Hall–Kier alpha value is -4.34. The van der Waals surface area contributed by atoms with Gasteiger partial charge < -0.3 is 38.2 Å². The number of hydrogen-bond acceptors (Lipinski definition) is 9. The molecule has 10 nitrogen and oxygen atoms in total. The SMILES string of the molecule is COc1cc(NC(=O)[C@H]2Oc3cc(C)oc(=O)c3[C@@H]2c2ccc3c(c2)OCO3)cc(OC)c1OC.